The van der Waals surface area contributed by atoms with Crippen molar-refractivity contribution in [3.8, 4) is 0 Å². The van der Waals surface area contributed by atoms with Crippen LogP contribution >= 0.6 is 0 Å². The molecule has 0 bridgehead atoms. The molecule has 2 heterocycles. The molecule has 0 aliphatic heterocycles. The van der Waals surface area contributed by atoms with E-state index in [1.54, 1.807) is 0 Å². The molecular weight excluding hydrogens is 260 g/mol. The zero-order valence-electron chi connectivity index (χ0n) is 13.1. The molecule has 0 aliphatic rings. The first kappa shape index (κ1) is 15.7. The topological polar surface area (TPSA) is 42.7 Å². The summed E-state index contributed by atoms with van der Waals surface area (Å²) in [4.78, 5) is 8.82. The Morgan fingerprint density at radius 2 is 2.00 bits per heavy atom. The molecule has 4 nitrogen and oxygen atoms in total. The first-order valence-electron chi connectivity index (χ1n) is 7.89. The third-order valence-electron chi connectivity index (χ3n) is 3.80. The minimum absolute atomic E-state index is 0.531. The highest BCUT2D eigenvalue weighted by atomic mass is 15.0. The Labute approximate surface area is 127 Å². The summed E-state index contributed by atoms with van der Waals surface area (Å²) in [5.74, 6) is 1.16. The van der Waals surface area contributed by atoms with Crippen LogP contribution in [0.25, 0.3) is 0 Å². The van der Waals surface area contributed by atoms with Gasteiger partial charge in [-0.3, -0.25) is 4.98 Å². The van der Waals surface area contributed by atoms with Gasteiger partial charge in [0.1, 0.15) is 5.82 Å². The fraction of sp³-hybridized carbons (Fsp3) is 0.529. The van der Waals surface area contributed by atoms with Gasteiger partial charge in [0.2, 0.25) is 0 Å². The van der Waals surface area contributed by atoms with Crippen LogP contribution in [0, 0.1) is 0 Å². The average Bonchev–Trinajstić information content (AvgIpc) is 2.93. The molecule has 2 aromatic heterocycles. The molecule has 2 aromatic rings. The van der Waals surface area contributed by atoms with Gasteiger partial charge in [0.05, 0.1) is 0 Å². The summed E-state index contributed by atoms with van der Waals surface area (Å²) >= 11 is 0. The second-order valence-corrected chi connectivity index (χ2v) is 5.50. The predicted molar refractivity (Wildman–Crippen MR) is 86.2 cm³/mol. The molecule has 21 heavy (non-hydrogen) atoms. The maximum Gasteiger partial charge on any atom is 0.108 e. The zero-order valence-corrected chi connectivity index (χ0v) is 13.1. The summed E-state index contributed by atoms with van der Waals surface area (Å²) in [5.41, 5.74) is 1.18. The van der Waals surface area contributed by atoms with Gasteiger partial charge in [0.15, 0.2) is 0 Å². The lowest BCUT2D eigenvalue weighted by Crippen LogP contribution is -2.31. The first-order valence-corrected chi connectivity index (χ1v) is 7.89. The summed E-state index contributed by atoms with van der Waals surface area (Å²) in [6.07, 6.45) is 11.2. The Bertz CT molecular complexity index is 507. The molecular formula is C17H26N4. The van der Waals surface area contributed by atoms with Gasteiger partial charge in [0, 0.05) is 43.8 Å². The van der Waals surface area contributed by atoms with Gasteiger partial charge >= 0.3 is 0 Å². The molecule has 0 amide bonds. The smallest absolute Gasteiger partial charge is 0.108 e. The number of aromatic nitrogens is 3. The number of hydrogen-bond donors (Lipinski definition) is 1. The number of imidazole rings is 1. The van der Waals surface area contributed by atoms with Gasteiger partial charge in [-0.05, 0) is 44.4 Å². The molecule has 0 aliphatic carbocycles. The third-order valence-corrected chi connectivity index (χ3v) is 3.80. The van der Waals surface area contributed by atoms with E-state index in [9.17, 15) is 0 Å². The SMILES string of the molecule is CCCNC(CCc1ccccn1)CCc1nccn1C. The van der Waals surface area contributed by atoms with Gasteiger partial charge < -0.3 is 9.88 Å². The minimum Gasteiger partial charge on any atom is -0.338 e. The number of pyridine rings is 1. The van der Waals surface area contributed by atoms with Crippen LogP contribution in [0.5, 0.6) is 0 Å². The summed E-state index contributed by atoms with van der Waals surface area (Å²) < 4.78 is 2.11. The Morgan fingerprint density at radius 1 is 1.14 bits per heavy atom. The van der Waals surface area contributed by atoms with Gasteiger partial charge in [-0.15, -0.1) is 0 Å². The highest BCUT2D eigenvalue weighted by Gasteiger charge is 2.10. The van der Waals surface area contributed by atoms with E-state index in [1.807, 2.05) is 24.7 Å². The van der Waals surface area contributed by atoms with Crippen molar-refractivity contribution in [2.24, 2.45) is 7.05 Å². The van der Waals surface area contributed by atoms with Crippen LogP contribution in [0.4, 0.5) is 0 Å². The van der Waals surface area contributed by atoms with E-state index in [-0.39, 0.29) is 0 Å². The van der Waals surface area contributed by atoms with Crippen molar-refractivity contribution in [2.75, 3.05) is 6.54 Å². The lowest BCUT2D eigenvalue weighted by atomic mass is 10.0. The zero-order chi connectivity index (χ0) is 14.9. The lowest BCUT2D eigenvalue weighted by molar-refractivity contribution is 0.446. The Kier molecular flexibility index (Phi) is 6.41. The van der Waals surface area contributed by atoms with E-state index >= 15 is 0 Å². The normalized spacial score (nSPS) is 12.5. The van der Waals surface area contributed by atoms with E-state index in [2.05, 4.69) is 46.0 Å². The van der Waals surface area contributed by atoms with Crippen molar-refractivity contribution in [2.45, 2.75) is 45.1 Å². The molecule has 0 saturated heterocycles. The van der Waals surface area contributed by atoms with Crippen LogP contribution in [0.15, 0.2) is 36.8 Å². The number of hydrogen-bond acceptors (Lipinski definition) is 3. The maximum atomic E-state index is 4.41. The predicted octanol–water partition coefficient (Wildman–Crippen LogP) is 2.75. The van der Waals surface area contributed by atoms with Crippen molar-refractivity contribution in [1.29, 1.82) is 0 Å². The van der Waals surface area contributed by atoms with E-state index in [0.717, 1.165) is 38.1 Å². The minimum atomic E-state index is 0.531. The molecule has 0 radical (unpaired) electrons. The number of nitrogens with one attached hydrogen (secondary N) is 1. The average molecular weight is 286 g/mol. The Hall–Kier alpha value is -1.68. The highest BCUT2D eigenvalue weighted by molar-refractivity contribution is 5.04. The molecule has 4 heteroatoms. The van der Waals surface area contributed by atoms with Crippen LogP contribution in [-0.2, 0) is 19.9 Å². The van der Waals surface area contributed by atoms with Crippen LogP contribution in [0.2, 0.25) is 0 Å². The molecule has 1 unspecified atom stereocenters. The summed E-state index contributed by atoms with van der Waals surface area (Å²) in [6.45, 7) is 3.29. The summed E-state index contributed by atoms with van der Waals surface area (Å²) in [7, 11) is 2.06. The standard InChI is InChI=1S/C17H26N4/c1-3-11-18-16(8-7-15-6-4-5-12-19-15)9-10-17-20-13-14-21(17)2/h4-6,12-14,16,18H,3,7-11H2,1-2H3. The second-order valence-electron chi connectivity index (χ2n) is 5.50. The van der Waals surface area contributed by atoms with Crippen molar-refractivity contribution >= 4 is 0 Å². The van der Waals surface area contributed by atoms with Gasteiger partial charge in [0.25, 0.3) is 0 Å². The molecule has 0 saturated carbocycles. The first-order chi connectivity index (χ1) is 10.3. The number of rotatable bonds is 9. The Morgan fingerprint density at radius 3 is 2.67 bits per heavy atom. The molecule has 1 atom stereocenters. The van der Waals surface area contributed by atoms with Gasteiger partial charge in [-0.1, -0.05) is 13.0 Å². The van der Waals surface area contributed by atoms with Crippen LogP contribution in [0.1, 0.15) is 37.7 Å². The Balaban J connectivity index is 1.83. The maximum absolute atomic E-state index is 4.41. The molecule has 0 aromatic carbocycles. The van der Waals surface area contributed by atoms with Crippen molar-refractivity contribution in [3.63, 3.8) is 0 Å². The van der Waals surface area contributed by atoms with E-state index in [1.165, 1.54) is 12.1 Å². The quantitative estimate of drug-likeness (QED) is 0.771. The van der Waals surface area contributed by atoms with Crippen LogP contribution in [-0.4, -0.2) is 27.1 Å². The van der Waals surface area contributed by atoms with Crippen LogP contribution in [0.3, 0.4) is 0 Å². The van der Waals surface area contributed by atoms with Gasteiger partial charge in [-0.25, -0.2) is 4.98 Å². The van der Waals surface area contributed by atoms with E-state index in [4.69, 9.17) is 0 Å². The monoisotopic (exact) mass is 286 g/mol. The molecule has 2 rings (SSSR count). The van der Waals surface area contributed by atoms with Crippen LogP contribution < -0.4 is 5.32 Å². The van der Waals surface area contributed by atoms with Gasteiger partial charge in [-0.2, -0.15) is 0 Å². The molecule has 0 fully saturated rings. The molecule has 1 N–H and O–H groups in total. The number of aryl methyl sites for hydroxylation is 3. The fourth-order valence-electron chi connectivity index (χ4n) is 2.51. The second kappa shape index (κ2) is 8.57. The fourth-order valence-corrected chi connectivity index (χ4v) is 2.51. The van der Waals surface area contributed by atoms with E-state index < -0.39 is 0 Å². The number of nitrogens with zero attached hydrogens (tertiary/aromatic N) is 3. The molecule has 0 spiro atoms. The summed E-state index contributed by atoms with van der Waals surface area (Å²) in [6, 6.07) is 6.67. The van der Waals surface area contributed by atoms with Crippen molar-refractivity contribution in [1.82, 2.24) is 19.9 Å². The largest absolute Gasteiger partial charge is 0.338 e. The highest BCUT2D eigenvalue weighted by Crippen LogP contribution is 2.09. The molecule has 114 valence electrons. The third kappa shape index (κ3) is 5.31. The lowest BCUT2D eigenvalue weighted by Gasteiger charge is -2.18. The summed E-state index contributed by atoms with van der Waals surface area (Å²) in [5, 5.41) is 3.66. The van der Waals surface area contributed by atoms with Crippen molar-refractivity contribution in [3.05, 3.63) is 48.3 Å². The van der Waals surface area contributed by atoms with Crippen molar-refractivity contribution < 1.29 is 0 Å². The van der Waals surface area contributed by atoms with E-state index in [0.29, 0.717) is 6.04 Å².